The highest BCUT2D eigenvalue weighted by Gasteiger charge is 2.13. The highest BCUT2D eigenvalue weighted by molar-refractivity contribution is 5.14. The van der Waals surface area contributed by atoms with Crippen molar-refractivity contribution < 1.29 is 4.74 Å². The first-order valence-electron chi connectivity index (χ1n) is 5.97. The van der Waals surface area contributed by atoms with Crippen molar-refractivity contribution in [2.45, 2.75) is 26.2 Å². The van der Waals surface area contributed by atoms with Gasteiger partial charge in [0.15, 0.2) is 0 Å². The van der Waals surface area contributed by atoms with Gasteiger partial charge in [0.05, 0.1) is 12.3 Å². The highest BCUT2D eigenvalue weighted by atomic mass is 16.5. The summed E-state index contributed by atoms with van der Waals surface area (Å²) in [4.78, 5) is 8.31. The number of nitrogens with one attached hydrogen (secondary N) is 1. The Hall–Kier alpha value is -1.16. The molecule has 1 aromatic rings. The van der Waals surface area contributed by atoms with E-state index in [1.807, 2.05) is 6.92 Å². The summed E-state index contributed by atoms with van der Waals surface area (Å²) in [5, 5.41) is 3.41. The molecule has 0 aliphatic carbocycles. The van der Waals surface area contributed by atoms with E-state index in [0.29, 0.717) is 5.88 Å². The molecule has 1 aromatic heterocycles. The maximum Gasteiger partial charge on any atom is 0.235 e. The van der Waals surface area contributed by atoms with Gasteiger partial charge in [-0.15, -0.1) is 0 Å². The molecule has 0 spiro atoms. The topological polar surface area (TPSA) is 47.0 Å². The fourth-order valence-corrected chi connectivity index (χ4v) is 2.03. The van der Waals surface area contributed by atoms with Gasteiger partial charge in [-0.25, -0.2) is 4.98 Å². The van der Waals surface area contributed by atoms with Gasteiger partial charge < -0.3 is 10.1 Å². The predicted octanol–water partition coefficient (Wildman–Crippen LogP) is 1.55. The minimum atomic E-state index is 0.672. The molecular weight excluding hydrogens is 202 g/mol. The van der Waals surface area contributed by atoms with E-state index in [-0.39, 0.29) is 0 Å². The van der Waals surface area contributed by atoms with Crippen LogP contribution in [0.15, 0.2) is 12.4 Å². The third kappa shape index (κ3) is 3.17. The average Bonchev–Trinajstić information content (AvgIpc) is 2.33. The lowest BCUT2D eigenvalue weighted by molar-refractivity contribution is 0.245. The van der Waals surface area contributed by atoms with Crippen molar-refractivity contribution in [3.8, 4) is 5.88 Å². The zero-order valence-corrected chi connectivity index (χ0v) is 9.78. The Morgan fingerprint density at radius 3 is 3.06 bits per heavy atom. The summed E-state index contributed by atoms with van der Waals surface area (Å²) in [5.41, 5.74) is 0.865. The van der Waals surface area contributed by atoms with Crippen molar-refractivity contribution >= 4 is 0 Å². The Balaban J connectivity index is 1.73. The summed E-state index contributed by atoms with van der Waals surface area (Å²) in [6, 6.07) is 0. The first kappa shape index (κ1) is 11.3. The molecule has 0 saturated carbocycles. The van der Waals surface area contributed by atoms with Crippen molar-refractivity contribution in [1.82, 2.24) is 15.3 Å². The third-order valence-electron chi connectivity index (χ3n) is 3.00. The fourth-order valence-electron chi connectivity index (χ4n) is 2.03. The first-order valence-corrected chi connectivity index (χ1v) is 5.97. The van der Waals surface area contributed by atoms with Gasteiger partial charge >= 0.3 is 0 Å². The van der Waals surface area contributed by atoms with Crippen molar-refractivity contribution in [3.05, 3.63) is 18.1 Å². The summed E-state index contributed by atoms with van der Waals surface area (Å²) < 4.78 is 5.64. The monoisotopic (exact) mass is 221 g/mol. The van der Waals surface area contributed by atoms with E-state index < -0.39 is 0 Å². The quantitative estimate of drug-likeness (QED) is 0.838. The first-order chi connectivity index (χ1) is 7.86. The Morgan fingerprint density at radius 2 is 2.31 bits per heavy atom. The second kappa shape index (κ2) is 5.80. The number of hydrogen-bond donors (Lipinski definition) is 1. The van der Waals surface area contributed by atoms with E-state index in [9.17, 15) is 0 Å². The van der Waals surface area contributed by atoms with Crippen molar-refractivity contribution in [1.29, 1.82) is 0 Å². The lowest BCUT2D eigenvalue weighted by Crippen LogP contribution is -2.30. The third-order valence-corrected chi connectivity index (χ3v) is 3.00. The number of rotatable bonds is 4. The van der Waals surface area contributed by atoms with Gasteiger partial charge in [0.2, 0.25) is 5.88 Å². The molecule has 0 amide bonds. The Bertz CT molecular complexity index is 324. The highest BCUT2D eigenvalue weighted by Crippen LogP contribution is 2.15. The smallest absolute Gasteiger partial charge is 0.235 e. The van der Waals surface area contributed by atoms with Gasteiger partial charge in [-0.1, -0.05) is 0 Å². The Kier molecular flexibility index (Phi) is 4.10. The van der Waals surface area contributed by atoms with Crippen molar-refractivity contribution in [3.63, 3.8) is 0 Å². The van der Waals surface area contributed by atoms with Crippen LogP contribution in [0.4, 0.5) is 0 Å². The van der Waals surface area contributed by atoms with Gasteiger partial charge in [0.1, 0.15) is 0 Å². The number of piperidine rings is 1. The van der Waals surface area contributed by atoms with E-state index in [4.69, 9.17) is 4.74 Å². The molecule has 1 aliphatic rings. The number of nitrogens with zero attached hydrogens (tertiary/aromatic N) is 2. The maximum absolute atomic E-state index is 5.64. The van der Waals surface area contributed by atoms with Crippen LogP contribution in [0.3, 0.4) is 0 Å². The molecule has 1 N–H and O–H groups in total. The van der Waals surface area contributed by atoms with Gasteiger partial charge in [-0.05, 0) is 45.2 Å². The van der Waals surface area contributed by atoms with E-state index in [0.717, 1.165) is 31.2 Å². The number of ether oxygens (including phenoxy) is 1. The molecule has 1 saturated heterocycles. The van der Waals surface area contributed by atoms with E-state index >= 15 is 0 Å². The van der Waals surface area contributed by atoms with Crippen LogP contribution >= 0.6 is 0 Å². The molecule has 1 fully saturated rings. The largest absolute Gasteiger partial charge is 0.476 e. The van der Waals surface area contributed by atoms with Gasteiger partial charge in [-0.3, -0.25) is 4.98 Å². The van der Waals surface area contributed by atoms with E-state index in [1.54, 1.807) is 12.4 Å². The molecule has 1 aliphatic heterocycles. The van der Waals surface area contributed by atoms with Crippen LogP contribution in [0.5, 0.6) is 5.88 Å². The average molecular weight is 221 g/mol. The molecule has 2 rings (SSSR count). The van der Waals surface area contributed by atoms with Gasteiger partial charge in [0, 0.05) is 12.4 Å². The molecule has 0 unspecified atom stereocenters. The van der Waals surface area contributed by atoms with Crippen LogP contribution in [-0.2, 0) is 0 Å². The summed E-state index contributed by atoms with van der Waals surface area (Å²) in [6.45, 7) is 4.96. The standard InChI is InChI=1S/C12H19N3O/c1-10-12(15-7-6-14-10)16-8-4-11-3-2-5-13-9-11/h6-7,11,13H,2-5,8-9H2,1H3/t11-/m1/s1. The predicted molar refractivity (Wildman–Crippen MR) is 62.5 cm³/mol. The molecule has 2 heterocycles. The zero-order valence-electron chi connectivity index (χ0n) is 9.78. The fraction of sp³-hybridized carbons (Fsp3) is 0.667. The van der Waals surface area contributed by atoms with Crippen LogP contribution < -0.4 is 10.1 Å². The lowest BCUT2D eigenvalue weighted by atomic mass is 9.97. The lowest BCUT2D eigenvalue weighted by Gasteiger charge is -2.22. The molecule has 4 heteroatoms. The van der Waals surface area contributed by atoms with Crippen molar-refractivity contribution in [2.75, 3.05) is 19.7 Å². The minimum absolute atomic E-state index is 0.672. The summed E-state index contributed by atoms with van der Waals surface area (Å²) in [6.07, 6.45) is 7.06. The van der Waals surface area contributed by atoms with Crippen LogP contribution in [0.25, 0.3) is 0 Å². The SMILES string of the molecule is Cc1nccnc1OCC[C@H]1CCCNC1. The molecule has 0 radical (unpaired) electrons. The van der Waals surface area contributed by atoms with Crippen LogP contribution in [-0.4, -0.2) is 29.7 Å². The Labute approximate surface area is 96.4 Å². The van der Waals surface area contributed by atoms with Gasteiger partial charge in [-0.2, -0.15) is 0 Å². The Morgan fingerprint density at radius 1 is 1.44 bits per heavy atom. The van der Waals surface area contributed by atoms with Crippen LogP contribution in [0, 0.1) is 12.8 Å². The molecule has 88 valence electrons. The van der Waals surface area contributed by atoms with Gasteiger partial charge in [0.25, 0.3) is 0 Å². The van der Waals surface area contributed by atoms with Crippen LogP contribution in [0.2, 0.25) is 0 Å². The van der Waals surface area contributed by atoms with Crippen molar-refractivity contribution in [2.24, 2.45) is 5.92 Å². The molecule has 16 heavy (non-hydrogen) atoms. The molecule has 0 bridgehead atoms. The maximum atomic E-state index is 5.64. The zero-order chi connectivity index (χ0) is 11.2. The summed E-state index contributed by atoms with van der Waals surface area (Å²) in [7, 11) is 0. The molecular formula is C12H19N3O. The number of hydrogen-bond acceptors (Lipinski definition) is 4. The second-order valence-corrected chi connectivity index (χ2v) is 4.30. The second-order valence-electron chi connectivity index (χ2n) is 4.30. The molecule has 0 aromatic carbocycles. The number of aryl methyl sites for hydroxylation is 1. The minimum Gasteiger partial charge on any atom is -0.476 e. The normalized spacial score (nSPS) is 20.7. The summed E-state index contributed by atoms with van der Waals surface area (Å²) in [5.74, 6) is 1.43. The van der Waals surface area contributed by atoms with E-state index in [2.05, 4.69) is 15.3 Å². The molecule has 4 nitrogen and oxygen atoms in total. The van der Waals surface area contributed by atoms with Crippen LogP contribution in [0.1, 0.15) is 25.0 Å². The molecule has 1 atom stereocenters. The van der Waals surface area contributed by atoms with E-state index in [1.165, 1.54) is 19.4 Å². The number of aromatic nitrogens is 2. The summed E-state index contributed by atoms with van der Waals surface area (Å²) >= 11 is 0.